The Bertz CT molecular complexity index is 383. The molecule has 1 unspecified atom stereocenters. The van der Waals surface area contributed by atoms with E-state index < -0.39 is 11.5 Å². The Kier molecular flexibility index (Phi) is 3.40. The van der Waals surface area contributed by atoms with Crippen molar-refractivity contribution in [2.45, 2.75) is 18.9 Å². The van der Waals surface area contributed by atoms with Crippen molar-refractivity contribution in [2.24, 2.45) is 0 Å². The molecule has 1 aromatic heterocycles. The fraction of sp³-hybridized carbons (Fsp3) is 0.364. The van der Waals surface area contributed by atoms with Gasteiger partial charge in [-0.15, -0.1) is 0 Å². The maximum Gasteiger partial charge on any atom is 0.399 e. The lowest BCUT2D eigenvalue weighted by Gasteiger charge is -2.16. The monoisotopic (exact) mass is 204 g/mol. The quantitative estimate of drug-likeness (QED) is 0.556. The van der Waals surface area contributed by atoms with Gasteiger partial charge in [0.15, 0.2) is 0 Å². The molecule has 0 N–H and O–H groups in total. The average Bonchev–Trinajstić information content (AvgIpc) is 2.32. The molecule has 0 aliphatic heterocycles. The molecule has 1 rings (SSSR count). The van der Waals surface area contributed by atoms with Crippen LogP contribution in [0.4, 0.5) is 0 Å². The van der Waals surface area contributed by atoms with Gasteiger partial charge < -0.3 is 4.74 Å². The highest BCUT2D eigenvalue weighted by atomic mass is 16.5. The molecule has 1 atom stereocenters. The number of carbonyl (C=O) groups is 1. The summed E-state index contributed by atoms with van der Waals surface area (Å²) in [5.74, 6) is -0.557. The zero-order chi connectivity index (χ0) is 11.3. The van der Waals surface area contributed by atoms with Gasteiger partial charge in [-0.3, -0.25) is 9.83 Å². The van der Waals surface area contributed by atoms with E-state index in [9.17, 15) is 4.79 Å². The van der Waals surface area contributed by atoms with E-state index in [4.69, 9.17) is 6.57 Å². The lowest BCUT2D eigenvalue weighted by molar-refractivity contribution is -0.146. The summed E-state index contributed by atoms with van der Waals surface area (Å²) in [4.78, 5) is 19.1. The second kappa shape index (κ2) is 4.56. The summed E-state index contributed by atoms with van der Waals surface area (Å²) in [7, 11) is 1.28. The summed E-state index contributed by atoms with van der Waals surface area (Å²) in [6, 6.07) is 5.16. The van der Waals surface area contributed by atoms with Gasteiger partial charge in [0.25, 0.3) is 0 Å². The molecule has 0 saturated heterocycles. The third kappa shape index (κ3) is 1.82. The number of pyridine rings is 1. The first-order valence-corrected chi connectivity index (χ1v) is 4.59. The molecule has 0 aromatic carbocycles. The third-order valence-corrected chi connectivity index (χ3v) is 2.31. The Hall–Kier alpha value is -1.89. The zero-order valence-corrected chi connectivity index (χ0v) is 8.73. The van der Waals surface area contributed by atoms with Gasteiger partial charge in [-0.1, -0.05) is 13.0 Å². The molecule has 0 saturated carbocycles. The standard InChI is InChI=1S/C11H12N2O2/c1-4-11(12-2,10(14)15-3)9-7-5-6-8-13-9/h5-8H,4H2,1,3H3. The number of rotatable bonds is 3. The van der Waals surface area contributed by atoms with E-state index >= 15 is 0 Å². The zero-order valence-electron chi connectivity index (χ0n) is 8.73. The summed E-state index contributed by atoms with van der Waals surface area (Å²) in [6.45, 7) is 8.93. The third-order valence-electron chi connectivity index (χ3n) is 2.31. The average molecular weight is 204 g/mol. The molecule has 78 valence electrons. The second-order valence-corrected chi connectivity index (χ2v) is 3.03. The summed E-state index contributed by atoms with van der Waals surface area (Å²) in [6.07, 6.45) is 1.91. The van der Waals surface area contributed by atoms with Crippen molar-refractivity contribution in [3.63, 3.8) is 0 Å². The minimum Gasteiger partial charge on any atom is -0.463 e. The highest BCUT2D eigenvalue weighted by molar-refractivity contribution is 5.84. The minimum absolute atomic E-state index is 0.347. The van der Waals surface area contributed by atoms with Crippen LogP contribution >= 0.6 is 0 Å². The van der Waals surface area contributed by atoms with Gasteiger partial charge in [-0.25, -0.2) is 11.4 Å². The molecule has 0 radical (unpaired) electrons. The number of esters is 1. The molecule has 0 fully saturated rings. The van der Waals surface area contributed by atoms with Crippen LogP contribution in [0.1, 0.15) is 19.0 Å². The minimum atomic E-state index is -1.30. The van der Waals surface area contributed by atoms with Crippen LogP contribution in [0.15, 0.2) is 24.4 Å². The molecule has 0 amide bonds. The van der Waals surface area contributed by atoms with Crippen molar-refractivity contribution in [1.29, 1.82) is 0 Å². The summed E-state index contributed by atoms with van der Waals surface area (Å²) >= 11 is 0. The first kappa shape index (κ1) is 11.2. The number of carbonyl (C=O) groups excluding carboxylic acids is 1. The lowest BCUT2D eigenvalue weighted by Crippen LogP contribution is -2.33. The van der Waals surface area contributed by atoms with Crippen molar-refractivity contribution in [2.75, 3.05) is 7.11 Å². The molecule has 0 aliphatic carbocycles. The van der Waals surface area contributed by atoms with Crippen LogP contribution in [0.3, 0.4) is 0 Å². The molecule has 15 heavy (non-hydrogen) atoms. The second-order valence-electron chi connectivity index (χ2n) is 3.03. The maximum absolute atomic E-state index is 11.6. The Morgan fingerprint density at radius 3 is 2.80 bits per heavy atom. The smallest absolute Gasteiger partial charge is 0.399 e. The van der Waals surface area contributed by atoms with E-state index in [1.54, 1.807) is 31.3 Å². The molecule has 1 aromatic rings. The van der Waals surface area contributed by atoms with Crippen molar-refractivity contribution in [3.05, 3.63) is 41.5 Å². The summed E-state index contributed by atoms with van der Waals surface area (Å²) < 4.78 is 4.66. The van der Waals surface area contributed by atoms with Crippen molar-refractivity contribution >= 4 is 5.97 Å². The lowest BCUT2D eigenvalue weighted by atomic mass is 9.92. The van der Waals surface area contributed by atoms with E-state index in [1.165, 1.54) is 7.11 Å². The molecular formula is C11H12N2O2. The predicted octanol–water partition coefficient (Wildman–Crippen LogP) is 1.78. The molecule has 1 heterocycles. The number of nitrogens with zero attached hydrogens (tertiary/aromatic N) is 2. The van der Waals surface area contributed by atoms with Crippen molar-refractivity contribution in [1.82, 2.24) is 4.98 Å². The van der Waals surface area contributed by atoms with Crippen LogP contribution in [0.2, 0.25) is 0 Å². The Morgan fingerprint density at radius 1 is 1.67 bits per heavy atom. The highest BCUT2D eigenvalue weighted by Crippen LogP contribution is 2.29. The van der Waals surface area contributed by atoms with E-state index in [0.29, 0.717) is 12.1 Å². The van der Waals surface area contributed by atoms with Crippen LogP contribution in [0.25, 0.3) is 4.85 Å². The molecule has 0 bridgehead atoms. The van der Waals surface area contributed by atoms with Crippen molar-refractivity contribution < 1.29 is 9.53 Å². The number of ether oxygens (including phenoxy) is 1. The Morgan fingerprint density at radius 2 is 2.40 bits per heavy atom. The van der Waals surface area contributed by atoms with Gasteiger partial charge >= 0.3 is 11.5 Å². The van der Waals surface area contributed by atoms with E-state index in [-0.39, 0.29) is 0 Å². The van der Waals surface area contributed by atoms with Gasteiger partial charge in [0.1, 0.15) is 5.69 Å². The van der Waals surface area contributed by atoms with Gasteiger partial charge in [-0.2, -0.15) is 0 Å². The fourth-order valence-corrected chi connectivity index (χ4v) is 1.39. The first-order valence-electron chi connectivity index (χ1n) is 4.59. The van der Waals surface area contributed by atoms with E-state index in [2.05, 4.69) is 14.6 Å². The van der Waals surface area contributed by atoms with Gasteiger partial charge in [0, 0.05) is 12.6 Å². The number of hydrogen-bond donors (Lipinski definition) is 0. The van der Waals surface area contributed by atoms with Crippen LogP contribution in [0.5, 0.6) is 0 Å². The van der Waals surface area contributed by atoms with Gasteiger partial charge in [0.05, 0.1) is 7.11 Å². The van der Waals surface area contributed by atoms with Crippen LogP contribution < -0.4 is 0 Å². The summed E-state index contributed by atoms with van der Waals surface area (Å²) in [5.41, 5.74) is -0.856. The summed E-state index contributed by atoms with van der Waals surface area (Å²) in [5, 5.41) is 0. The first-order chi connectivity index (χ1) is 7.21. The van der Waals surface area contributed by atoms with E-state index in [1.807, 2.05) is 0 Å². The molecule has 4 heteroatoms. The molecule has 4 nitrogen and oxygen atoms in total. The number of methoxy groups -OCH3 is 1. The highest BCUT2D eigenvalue weighted by Gasteiger charge is 2.48. The van der Waals surface area contributed by atoms with Crippen LogP contribution in [-0.2, 0) is 15.1 Å². The predicted molar refractivity (Wildman–Crippen MR) is 54.8 cm³/mol. The Balaban J connectivity index is 3.25. The molecule has 0 spiro atoms. The number of hydrogen-bond acceptors (Lipinski definition) is 3. The van der Waals surface area contributed by atoms with E-state index in [0.717, 1.165) is 0 Å². The SMILES string of the molecule is [C-]#[N+]C(CC)(C(=O)OC)c1ccccn1. The van der Waals surface area contributed by atoms with Gasteiger partial charge in [0.2, 0.25) is 0 Å². The largest absolute Gasteiger partial charge is 0.463 e. The normalized spacial score (nSPS) is 13.7. The fourth-order valence-electron chi connectivity index (χ4n) is 1.39. The van der Waals surface area contributed by atoms with Crippen LogP contribution in [0, 0.1) is 6.57 Å². The van der Waals surface area contributed by atoms with Crippen LogP contribution in [-0.4, -0.2) is 18.1 Å². The maximum atomic E-state index is 11.6. The Labute approximate surface area is 88.7 Å². The number of aromatic nitrogens is 1. The molecule has 0 aliphatic rings. The van der Waals surface area contributed by atoms with Gasteiger partial charge in [-0.05, 0) is 12.1 Å². The molecular weight excluding hydrogens is 192 g/mol. The topological polar surface area (TPSA) is 43.5 Å². The van der Waals surface area contributed by atoms with Crippen molar-refractivity contribution in [3.8, 4) is 0 Å².